The van der Waals surface area contributed by atoms with Crippen LogP contribution in [-0.2, 0) is 0 Å². The van der Waals surface area contributed by atoms with E-state index in [1.165, 1.54) is 6.20 Å². The molecule has 2 rings (SSSR count). The van der Waals surface area contributed by atoms with Gasteiger partial charge in [0.2, 0.25) is 0 Å². The molecule has 0 aliphatic rings. The van der Waals surface area contributed by atoms with Crippen LogP contribution < -0.4 is 0 Å². The van der Waals surface area contributed by atoms with Crippen LogP contribution >= 0.6 is 11.6 Å². The van der Waals surface area contributed by atoms with Crippen molar-refractivity contribution in [2.75, 3.05) is 0 Å². The Kier molecular flexibility index (Phi) is 2.11. The van der Waals surface area contributed by atoms with Gasteiger partial charge in [0.1, 0.15) is 6.07 Å². The molecule has 0 fully saturated rings. The van der Waals surface area contributed by atoms with Crippen molar-refractivity contribution in [3.05, 3.63) is 40.5 Å². The van der Waals surface area contributed by atoms with E-state index >= 15 is 0 Å². The average molecular weight is 203 g/mol. The van der Waals surface area contributed by atoms with Crippen molar-refractivity contribution in [1.82, 2.24) is 4.98 Å². The van der Waals surface area contributed by atoms with Gasteiger partial charge in [0.15, 0.2) is 0 Å². The summed E-state index contributed by atoms with van der Waals surface area (Å²) >= 11 is 6.03. The molecule has 0 unspecified atom stereocenters. The van der Waals surface area contributed by atoms with Crippen molar-refractivity contribution < 1.29 is 0 Å². The Morgan fingerprint density at radius 3 is 2.93 bits per heavy atom. The van der Waals surface area contributed by atoms with Crippen molar-refractivity contribution in [1.29, 1.82) is 5.26 Å². The molecule has 0 bridgehead atoms. The van der Waals surface area contributed by atoms with Gasteiger partial charge >= 0.3 is 0 Å². The number of aryl methyl sites for hydroxylation is 1. The number of aromatic nitrogens is 1. The van der Waals surface area contributed by atoms with Crippen molar-refractivity contribution in [3.63, 3.8) is 0 Å². The van der Waals surface area contributed by atoms with E-state index in [0.29, 0.717) is 10.6 Å². The second-order valence-corrected chi connectivity index (χ2v) is 3.50. The Balaban J connectivity index is 2.85. The first-order chi connectivity index (χ1) is 6.72. The molecule has 2 nitrogen and oxygen atoms in total. The zero-order valence-electron chi connectivity index (χ0n) is 7.58. The van der Waals surface area contributed by atoms with Crippen LogP contribution in [0.15, 0.2) is 24.4 Å². The lowest BCUT2D eigenvalue weighted by atomic mass is 10.1. The Morgan fingerprint density at radius 1 is 1.43 bits per heavy atom. The molecule has 14 heavy (non-hydrogen) atoms. The van der Waals surface area contributed by atoms with E-state index in [0.717, 1.165) is 16.5 Å². The first kappa shape index (κ1) is 8.98. The van der Waals surface area contributed by atoms with Crippen molar-refractivity contribution >= 4 is 22.5 Å². The molecule has 0 aliphatic heterocycles. The lowest BCUT2D eigenvalue weighted by Crippen LogP contribution is -1.85. The maximum absolute atomic E-state index is 8.76. The smallest absolute Gasteiger partial charge is 0.102 e. The highest BCUT2D eigenvalue weighted by molar-refractivity contribution is 6.36. The quantitative estimate of drug-likeness (QED) is 0.658. The first-order valence-corrected chi connectivity index (χ1v) is 4.55. The molecule has 1 aromatic heterocycles. The van der Waals surface area contributed by atoms with E-state index in [4.69, 9.17) is 16.9 Å². The maximum Gasteiger partial charge on any atom is 0.102 e. The molecular weight excluding hydrogens is 196 g/mol. The Hall–Kier alpha value is -1.59. The zero-order chi connectivity index (χ0) is 10.1. The van der Waals surface area contributed by atoms with Gasteiger partial charge in [-0.1, -0.05) is 23.7 Å². The van der Waals surface area contributed by atoms with Gasteiger partial charge in [-0.3, -0.25) is 4.98 Å². The monoisotopic (exact) mass is 202 g/mol. The fourth-order valence-electron chi connectivity index (χ4n) is 1.35. The van der Waals surface area contributed by atoms with Crippen LogP contribution in [0.3, 0.4) is 0 Å². The number of rotatable bonds is 0. The Bertz CT molecular complexity index is 541. The van der Waals surface area contributed by atoms with Gasteiger partial charge in [-0.2, -0.15) is 5.26 Å². The van der Waals surface area contributed by atoms with E-state index in [2.05, 4.69) is 4.98 Å². The number of halogens is 1. The number of fused-ring (bicyclic) bond motifs is 1. The number of hydrogen-bond donors (Lipinski definition) is 0. The van der Waals surface area contributed by atoms with E-state index in [-0.39, 0.29) is 0 Å². The SMILES string of the molecule is Cc1ccc2c(Cl)c(C#N)cnc2c1. The van der Waals surface area contributed by atoms with E-state index in [1.54, 1.807) is 0 Å². The highest BCUT2D eigenvalue weighted by atomic mass is 35.5. The van der Waals surface area contributed by atoms with Crippen molar-refractivity contribution in [2.45, 2.75) is 6.92 Å². The van der Waals surface area contributed by atoms with Crippen LogP contribution in [-0.4, -0.2) is 4.98 Å². The lowest BCUT2D eigenvalue weighted by molar-refractivity contribution is 1.36. The summed E-state index contributed by atoms with van der Waals surface area (Å²) in [4.78, 5) is 4.17. The summed E-state index contributed by atoms with van der Waals surface area (Å²) in [7, 11) is 0. The minimum absolute atomic E-state index is 0.419. The minimum Gasteiger partial charge on any atom is -0.255 e. The van der Waals surface area contributed by atoms with Gasteiger partial charge in [0, 0.05) is 11.6 Å². The number of nitriles is 1. The molecule has 0 saturated heterocycles. The molecule has 2 aromatic rings. The van der Waals surface area contributed by atoms with Crippen LogP contribution in [0.4, 0.5) is 0 Å². The van der Waals surface area contributed by atoms with Crippen LogP contribution in [0.2, 0.25) is 5.02 Å². The van der Waals surface area contributed by atoms with Crippen molar-refractivity contribution in [2.24, 2.45) is 0 Å². The van der Waals surface area contributed by atoms with Gasteiger partial charge in [0.25, 0.3) is 0 Å². The molecule has 3 heteroatoms. The van der Waals surface area contributed by atoms with E-state index < -0.39 is 0 Å². The lowest BCUT2D eigenvalue weighted by Gasteiger charge is -2.01. The largest absolute Gasteiger partial charge is 0.255 e. The molecule has 0 amide bonds. The number of hydrogen-bond acceptors (Lipinski definition) is 2. The Labute approximate surface area is 86.8 Å². The summed E-state index contributed by atoms with van der Waals surface area (Å²) in [5.41, 5.74) is 2.38. The molecule has 68 valence electrons. The van der Waals surface area contributed by atoms with Gasteiger partial charge in [-0.15, -0.1) is 0 Å². The molecule has 0 aliphatic carbocycles. The molecular formula is C11H7ClN2. The van der Waals surface area contributed by atoms with Gasteiger partial charge < -0.3 is 0 Å². The predicted octanol–water partition coefficient (Wildman–Crippen LogP) is 3.07. The summed E-state index contributed by atoms with van der Waals surface area (Å²) in [5.74, 6) is 0. The normalized spacial score (nSPS) is 10.1. The highest BCUT2D eigenvalue weighted by Gasteiger charge is 2.05. The minimum atomic E-state index is 0.419. The van der Waals surface area contributed by atoms with Gasteiger partial charge in [0.05, 0.1) is 16.1 Å². The summed E-state index contributed by atoms with van der Waals surface area (Å²) < 4.78 is 0. The van der Waals surface area contributed by atoms with E-state index in [9.17, 15) is 0 Å². The third-order valence-electron chi connectivity index (χ3n) is 2.08. The fraction of sp³-hybridized carbons (Fsp3) is 0.0909. The summed E-state index contributed by atoms with van der Waals surface area (Å²) in [6, 6.07) is 7.80. The third-order valence-corrected chi connectivity index (χ3v) is 2.49. The second kappa shape index (κ2) is 3.28. The average Bonchev–Trinajstić information content (AvgIpc) is 2.18. The second-order valence-electron chi connectivity index (χ2n) is 3.12. The summed E-state index contributed by atoms with van der Waals surface area (Å²) in [6.45, 7) is 1.99. The van der Waals surface area contributed by atoms with Crippen LogP contribution in [0.25, 0.3) is 10.9 Å². The fourth-order valence-corrected chi connectivity index (χ4v) is 1.60. The maximum atomic E-state index is 8.76. The molecule has 1 aromatic carbocycles. The standard InChI is InChI=1S/C11H7ClN2/c1-7-2-3-9-10(4-7)14-6-8(5-13)11(9)12/h2-4,6H,1H3. The Morgan fingerprint density at radius 2 is 2.21 bits per heavy atom. The summed E-state index contributed by atoms with van der Waals surface area (Å²) in [6.07, 6.45) is 1.50. The topological polar surface area (TPSA) is 36.7 Å². The molecule has 1 heterocycles. The molecule has 0 atom stereocenters. The van der Waals surface area contributed by atoms with E-state index in [1.807, 2.05) is 31.2 Å². The molecule has 0 N–H and O–H groups in total. The zero-order valence-corrected chi connectivity index (χ0v) is 8.34. The van der Waals surface area contributed by atoms with Crippen LogP contribution in [0.1, 0.15) is 11.1 Å². The van der Waals surface area contributed by atoms with Gasteiger partial charge in [-0.05, 0) is 18.6 Å². The number of benzene rings is 1. The summed E-state index contributed by atoms with van der Waals surface area (Å²) in [5, 5.41) is 10.1. The third kappa shape index (κ3) is 1.32. The van der Waals surface area contributed by atoms with Crippen LogP contribution in [0.5, 0.6) is 0 Å². The van der Waals surface area contributed by atoms with Crippen LogP contribution in [0, 0.1) is 18.3 Å². The number of pyridine rings is 1. The number of nitrogens with zero attached hydrogens (tertiary/aromatic N) is 2. The van der Waals surface area contributed by atoms with Gasteiger partial charge in [-0.25, -0.2) is 0 Å². The van der Waals surface area contributed by atoms with Crippen molar-refractivity contribution in [3.8, 4) is 6.07 Å². The molecule has 0 saturated carbocycles. The molecule has 0 spiro atoms. The highest BCUT2D eigenvalue weighted by Crippen LogP contribution is 2.25. The first-order valence-electron chi connectivity index (χ1n) is 4.17. The molecule has 0 radical (unpaired) electrons. The predicted molar refractivity (Wildman–Crippen MR) is 56.2 cm³/mol.